The number of hydrogen-bond acceptors (Lipinski definition) is 4. The maximum atomic E-state index is 5.49. The Morgan fingerprint density at radius 1 is 1.60 bits per heavy atom. The highest BCUT2D eigenvalue weighted by atomic mass is 79.9. The highest BCUT2D eigenvalue weighted by Crippen LogP contribution is 2.26. The van der Waals surface area contributed by atoms with Crippen LogP contribution in [0.4, 0.5) is 0 Å². The molecular weight excluding hydrogens is 278 g/mol. The van der Waals surface area contributed by atoms with Gasteiger partial charge >= 0.3 is 0 Å². The van der Waals surface area contributed by atoms with E-state index >= 15 is 0 Å². The Hall–Kier alpha value is -0.880. The third-order valence-corrected chi connectivity index (χ3v) is 3.10. The number of hydrogen-bond donors (Lipinski definition) is 2. The Kier molecular flexibility index (Phi) is 4.77. The molecule has 0 aliphatic rings. The van der Waals surface area contributed by atoms with E-state index in [1.165, 1.54) is 11.8 Å². The predicted molar refractivity (Wildman–Crippen MR) is 67.8 cm³/mol. The standard InChI is InChI=1S/C9H12BrN3OS/c1-14-8-3-2-7(10)4-6(8)5-15-9(11)13-12/h2-4H,5,12H2,1H3,(H2,11,13). The minimum absolute atomic E-state index is 0.358. The van der Waals surface area contributed by atoms with Crippen molar-refractivity contribution >= 4 is 32.9 Å². The highest BCUT2D eigenvalue weighted by Gasteiger charge is 2.04. The molecule has 4 N–H and O–H groups in total. The summed E-state index contributed by atoms with van der Waals surface area (Å²) < 4.78 is 6.22. The van der Waals surface area contributed by atoms with E-state index in [1.54, 1.807) is 7.11 Å². The molecule has 0 aromatic heterocycles. The third kappa shape index (κ3) is 3.64. The molecule has 0 bridgehead atoms. The minimum atomic E-state index is 0.358. The zero-order valence-electron chi connectivity index (χ0n) is 8.24. The van der Waals surface area contributed by atoms with Crippen molar-refractivity contribution in [1.29, 1.82) is 0 Å². The van der Waals surface area contributed by atoms with Crippen LogP contribution >= 0.6 is 27.7 Å². The Balaban J connectivity index is 2.78. The second-order valence-electron chi connectivity index (χ2n) is 2.71. The summed E-state index contributed by atoms with van der Waals surface area (Å²) in [6.45, 7) is 0. The Morgan fingerprint density at radius 3 is 2.93 bits per heavy atom. The lowest BCUT2D eigenvalue weighted by molar-refractivity contribution is 0.411. The van der Waals surface area contributed by atoms with E-state index < -0.39 is 0 Å². The zero-order chi connectivity index (χ0) is 11.3. The number of halogens is 1. The number of hydrazone groups is 1. The van der Waals surface area contributed by atoms with Crippen molar-refractivity contribution in [2.45, 2.75) is 5.75 Å². The first-order valence-electron chi connectivity index (χ1n) is 4.16. The van der Waals surface area contributed by atoms with Gasteiger partial charge in [-0.2, -0.15) is 5.10 Å². The van der Waals surface area contributed by atoms with Gasteiger partial charge in [-0.1, -0.05) is 27.7 Å². The smallest absolute Gasteiger partial charge is 0.177 e. The summed E-state index contributed by atoms with van der Waals surface area (Å²) in [5, 5.41) is 3.74. The molecule has 0 atom stereocenters. The van der Waals surface area contributed by atoms with Gasteiger partial charge in [0.05, 0.1) is 7.11 Å². The number of ether oxygens (including phenoxy) is 1. The van der Waals surface area contributed by atoms with Crippen molar-refractivity contribution in [3.05, 3.63) is 28.2 Å². The van der Waals surface area contributed by atoms with Gasteiger partial charge < -0.3 is 16.3 Å². The van der Waals surface area contributed by atoms with Gasteiger partial charge in [0.25, 0.3) is 0 Å². The maximum absolute atomic E-state index is 5.49. The fourth-order valence-corrected chi connectivity index (χ4v) is 2.06. The van der Waals surface area contributed by atoms with Crippen LogP contribution in [0.1, 0.15) is 5.56 Å². The van der Waals surface area contributed by atoms with Crippen LogP contribution in [0, 0.1) is 0 Å². The molecule has 1 aromatic carbocycles. The molecule has 82 valence electrons. The molecule has 0 fully saturated rings. The van der Waals surface area contributed by atoms with Crippen LogP contribution < -0.4 is 16.3 Å². The van der Waals surface area contributed by atoms with Gasteiger partial charge in [0, 0.05) is 15.8 Å². The van der Waals surface area contributed by atoms with Gasteiger partial charge in [0.15, 0.2) is 5.17 Å². The van der Waals surface area contributed by atoms with E-state index in [-0.39, 0.29) is 0 Å². The molecule has 0 radical (unpaired) electrons. The lowest BCUT2D eigenvalue weighted by atomic mass is 10.2. The molecule has 0 saturated heterocycles. The third-order valence-electron chi connectivity index (χ3n) is 1.75. The minimum Gasteiger partial charge on any atom is -0.496 e. The fourth-order valence-electron chi connectivity index (χ4n) is 1.05. The van der Waals surface area contributed by atoms with Gasteiger partial charge in [0.2, 0.25) is 0 Å². The summed E-state index contributed by atoms with van der Waals surface area (Å²) in [6.07, 6.45) is 0. The average Bonchev–Trinajstić information content (AvgIpc) is 2.26. The normalized spacial score (nSPS) is 11.5. The number of methoxy groups -OCH3 is 1. The molecule has 0 amide bonds. The van der Waals surface area contributed by atoms with Gasteiger partial charge in [-0.3, -0.25) is 0 Å². The molecule has 6 heteroatoms. The highest BCUT2D eigenvalue weighted by molar-refractivity contribution is 9.10. The van der Waals surface area contributed by atoms with Crippen LogP contribution in [0.15, 0.2) is 27.8 Å². The molecule has 0 heterocycles. The van der Waals surface area contributed by atoms with Crippen LogP contribution in [0.5, 0.6) is 5.75 Å². The van der Waals surface area contributed by atoms with Crippen LogP contribution in [-0.4, -0.2) is 12.3 Å². The quantitative estimate of drug-likeness (QED) is 0.386. The summed E-state index contributed by atoms with van der Waals surface area (Å²) in [7, 11) is 1.64. The van der Waals surface area contributed by atoms with Gasteiger partial charge in [-0.05, 0) is 18.2 Å². The Labute approximate surface area is 101 Å². The lowest BCUT2D eigenvalue weighted by Crippen LogP contribution is -2.09. The number of amidine groups is 1. The van der Waals surface area contributed by atoms with E-state index in [4.69, 9.17) is 16.3 Å². The Morgan fingerprint density at radius 2 is 2.33 bits per heavy atom. The molecule has 1 aromatic rings. The summed E-state index contributed by atoms with van der Waals surface area (Å²) in [5.74, 6) is 6.54. The first-order chi connectivity index (χ1) is 7.17. The van der Waals surface area contributed by atoms with Gasteiger partial charge in [-0.15, -0.1) is 0 Å². The topological polar surface area (TPSA) is 73.6 Å². The largest absolute Gasteiger partial charge is 0.496 e. The summed E-state index contributed by atoms with van der Waals surface area (Å²) in [5.41, 5.74) is 6.53. The molecule has 1 rings (SSSR count). The van der Waals surface area contributed by atoms with Crippen LogP contribution in [0.2, 0.25) is 0 Å². The molecule has 0 aliphatic carbocycles. The predicted octanol–water partition coefficient (Wildman–Crippen LogP) is 1.88. The van der Waals surface area contributed by atoms with Crippen LogP contribution in [-0.2, 0) is 5.75 Å². The molecule has 4 nitrogen and oxygen atoms in total. The van der Waals surface area contributed by atoms with E-state index in [1.807, 2.05) is 18.2 Å². The van der Waals surface area contributed by atoms with E-state index in [2.05, 4.69) is 21.0 Å². The van der Waals surface area contributed by atoms with Crippen molar-refractivity contribution in [3.8, 4) is 5.75 Å². The number of rotatable bonds is 3. The molecule has 0 unspecified atom stereocenters. The summed E-state index contributed by atoms with van der Waals surface area (Å²) in [6, 6.07) is 5.80. The number of thioether (sulfide) groups is 1. The Bertz CT molecular complexity index is 370. The first kappa shape index (κ1) is 12.2. The lowest BCUT2D eigenvalue weighted by Gasteiger charge is -2.08. The van der Waals surface area contributed by atoms with Gasteiger partial charge in [0.1, 0.15) is 5.75 Å². The average molecular weight is 290 g/mol. The second-order valence-corrected chi connectivity index (χ2v) is 4.62. The second kappa shape index (κ2) is 5.87. The fraction of sp³-hybridized carbons (Fsp3) is 0.222. The van der Waals surface area contributed by atoms with Crippen molar-refractivity contribution in [2.75, 3.05) is 7.11 Å². The monoisotopic (exact) mass is 289 g/mol. The van der Waals surface area contributed by atoms with Crippen molar-refractivity contribution in [1.82, 2.24) is 0 Å². The zero-order valence-corrected chi connectivity index (χ0v) is 10.6. The van der Waals surface area contributed by atoms with E-state index in [0.29, 0.717) is 10.9 Å². The van der Waals surface area contributed by atoms with E-state index in [9.17, 15) is 0 Å². The SMILES string of the molecule is COc1ccc(Br)cc1CSC(N)=NN. The number of nitrogens with zero attached hydrogens (tertiary/aromatic N) is 1. The molecular formula is C9H12BrN3OS. The summed E-state index contributed by atoms with van der Waals surface area (Å²) >= 11 is 4.77. The number of benzene rings is 1. The first-order valence-corrected chi connectivity index (χ1v) is 5.93. The van der Waals surface area contributed by atoms with Crippen LogP contribution in [0.3, 0.4) is 0 Å². The van der Waals surface area contributed by atoms with Crippen molar-refractivity contribution < 1.29 is 4.74 Å². The molecule has 0 aliphatic heterocycles. The van der Waals surface area contributed by atoms with Gasteiger partial charge in [-0.25, -0.2) is 0 Å². The summed E-state index contributed by atoms with van der Waals surface area (Å²) in [4.78, 5) is 0. The van der Waals surface area contributed by atoms with Crippen molar-refractivity contribution in [3.63, 3.8) is 0 Å². The van der Waals surface area contributed by atoms with E-state index in [0.717, 1.165) is 15.8 Å². The maximum Gasteiger partial charge on any atom is 0.177 e. The molecule has 15 heavy (non-hydrogen) atoms. The van der Waals surface area contributed by atoms with Crippen LogP contribution in [0.25, 0.3) is 0 Å². The molecule has 0 saturated carbocycles. The van der Waals surface area contributed by atoms with Crippen molar-refractivity contribution in [2.24, 2.45) is 16.7 Å². The molecule has 0 spiro atoms. The number of nitrogens with two attached hydrogens (primary N) is 2.